The van der Waals surface area contributed by atoms with Crippen molar-refractivity contribution >= 4 is 33.0 Å². The van der Waals surface area contributed by atoms with Gasteiger partial charge in [0.1, 0.15) is 11.6 Å². The molecule has 3 aromatic rings. The monoisotopic (exact) mass is 450 g/mol. The van der Waals surface area contributed by atoms with Gasteiger partial charge in [0.05, 0.1) is 12.2 Å². The zero-order valence-corrected chi connectivity index (χ0v) is 18.0. The molecule has 2 amide bonds. The van der Waals surface area contributed by atoms with Crippen LogP contribution in [0.5, 0.6) is 0 Å². The summed E-state index contributed by atoms with van der Waals surface area (Å²) in [6, 6.07) is 19.1. The third kappa shape index (κ3) is 2.65. The molecule has 2 heterocycles. The first-order valence-corrected chi connectivity index (χ1v) is 11.7. The molecular weight excluding hydrogens is 431 g/mol. The van der Waals surface area contributed by atoms with E-state index < -0.39 is 38.1 Å². The molecule has 1 spiro atoms. The Kier molecular flexibility index (Phi) is 4.46. The van der Waals surface area contributed by atoms with E-state index in [1.807, 2.05) is 31.2 Å². The number of sulfone groups is 1. The Morgan fingerprint density at radius 2 is 1.59 bits per heavy atom. The lowest BCUT2D eigenvalue weighted by Gasteiger charge is -2.32. The quantitative estimate of drug-likeness (QED) is 0.614. The maximum atomic E-state index is 14.0. The number of rotatable bonds is 3. The summed E-state index contributed by atoms with van der Waals surface area (Å²) in [6.07, 6.45) is 0. The molecule has 2 aliphatic rings. The highest BCUT2D eigenvalue weighted by atomic mass is 32.2. The molecule has 2 aliphatic heterocycles. The number of carbonyl (C=O) groups is 2. The summed E-state index contributed by atoms with van der Waals surface area (Å²) in [7, 11) is -4.25. The number of hydrogen-bond donors (Lipinski definition) is 0. The number of para-hydroxylation sites is 1. The first-order valence-electron chi connectivity index (χ1n) is 10.0. The average molecular weight is 450 g/mol. The number of halogens is 1. The number of fused-ring (bicyclic) bond motifs is 2. The maximum Gasteiger partial charge on any atom is 0.274 e. The zero-order chi connectivity index (χ0) is 22.7. The molecule has 0 bridgehead atoms. The fraction of sp³-hybridized carbons (Fsp3) is 0.167. The molecule has 0 radical (unpaired) electrons. The van der Waals surface area contributed by atoms with E-state index in [2.05, 4.69) is 0 Å². The van der Waals surface area contributed by atoms with E-state index in [-0.39, 0.29) is 17.8 Å². The summed E-state index contributed by atoms with van der Waals surface area (Å²) in [5, 5.41) is 0. The molecule has 32 heavy (non-hydrogen) atoms. The predicted octanol–water partition coefficient (Wildman–Crippen LogP) is 3.30. The van der Waals surface area contributed by atoms with Crippen LogP contribution in [-0.2, 0) is 30.8 Å². The van der Waals surface area contributed by atoms with Gasteiger partial charge in [0.15, 0.2) is 9.84 Å². The highest BCUT2D eigenvalue weighted by Gasteiger charge is 2.69. The molecule has 8 heteroatoms. The van der Waals surface area contributed by atoms with Gasteiger partial charge in [0.2, 0.25) is 5.91 Å². The molecule has 6 nitrogen and oxygen atoms in total. The van der Waals surface area contributed by atoms with Crippen LogP contribution in [0.25, 0.3) is 0 Å². The van der Waals surface area contributed by atoms with Gasteiger partial charge in [-0.3, -0.25) is 14.5 Å². The Morgan fingerprint density at radius 3 is 2.31 bits per heavy atom. The summed E-state index contributed by atoms with van der Waals surface area (Å²) < 4.78 is 40.6. The largest absolute Gasteiger partial charge is 0.304 e. The fourth-order valence-electron chi connectivity index (χ4n) is 4.60. The summed E-state index contributed by atoms with van der Waals surface area (Å²) in [5.74, 6) is -2.77. The first kappa shape index (κ1) is 20.4. The summed E-state index contributed by atoms with van der Waals surface area (Å²) in [6.45, 7) is 2.07. The minimum Gasteiger partial charge on any atom is -0.304 e. The normalized spacial score (nSPS) is 21.4. The van der Waals surface area contributed by atoms with Crippen LogP contribution >= 0.6 is 0 Å². The minimum atomic E-state index is -4.25. The Bertz CT molecular complexity index is 1370. The fourth-order valence-corrected chi connectivity index (χ4v) is 6.63. The molecule has 1 fully saturated rings. The molecule has 3 aromatic carbocycles. The van der Waals surface area contributed by atoms with Crippen LogP contribution in [0.4, 0.5) is 15.8 Å². The lowest BCUT2D eigenvalue weighted by atomic mass is 10.0. The van der Waals surface area contributed by atoms with Crippen molar-refractivity contribution in [2.45, 2.75) is 18.3 Å². The van der Waals surface area contributed by atoms with Gasteiger partial charge in [-0.25, -0.2) is 12.8 Å². The van der Waals surface area contributed by atoms with E-state index >= 15 is 0 Å². The molecular formula is C24H19FN2O4S. The SMILES string of the molecule is Cc1ccccc1CN1C(=O)[C@@]2(c3ccccc31)N(c1ccc(F)cc1)C(=O)CS2(=O)=O. The molecule has 0 aromatic heterocycles. The third-order valence-electron chi connectivity index (χ3n) is 6.10. The molecule has 1 atom stereocenters. The van der Waals surface area contributed by atoms with Crippen molar-refractivity contribution in [3.63, 3.8) is 0 Å². The number of aryl methyl sites for hydroxylation is 1. The Labute approximate surface area is 184 Å². The van der Waals surface area contributed by atoms with Crippen molar-refractivity contribution in [3.05, 3.63) is 95.3 Å². The van der Waals surface area contributed by atoms with Gasteiger partial charge in [-0.2, -0.15) is 0 Å². The summed E-state index contributed by atoms with van der Waals surface area (Å²) in [5.41, 5.74) is 2.64. The molecule has 0 N–H and O–H groups in total. The molecule has 162 valence electrons. The van der Waals surface area contributed by atoms with Crippen LogP contribution in [0, 0.1) is 12.7 Å². The number of carbonyl (C=O) groups excluding carboxylic acids is 2. The van der Waals surface area contributed by atoms with E-state index in [1.54, 1.807) is 24.3 Å². The summed E-state index contributed by atoms with van der Waals surface area (Å²) >= 11 is 0. The molecule has 0 unspecified atom stereocenters. The predicted molar refractivity (Wildman–Crippen MR) is 118 cm³/mol. The smallest absolute Gasteiger partial charge is 0.274 e. The molecule has 0 aliphatic carbocycles. The van der Waals surface area contributed by atoms with Crippen LogP contribution < -0.4 is 9.80 Å². The van der Waals surface area contributed by atoms with Gasteiger partial charge in [-0.15, -0.1) is 0 Å². The van der Waals surface area contributed by atoms with Gasteiger partial charge >= 0.3 is 0 Å². The number of benzene rings is 3. The van der Waals surface area contributed by atoms with E-state index in [0.717, 1.165) is 28.2 Å². The van der Waals surface area contributed by atoms with Crippen LogP contribution in [0.2, 0.25) is 0 Å². The lowest BCUT2D eigenvalue weighted by Crippen LogP contribution is -2.54. The van der Waals surface area contributed by atoms with Crippen molar-refractivity contribution in [2.24, 2.45) is 0 Å². The van der Waals surface area contributed by atoms with E-state index in [1.165, 1.54) is 17.0 Å². The van der Waals surface area contributed by atoms with Crippen molar-refractivity contribution in [1.82, 2.24) is 0 Å². The third-order valence-corrected chi connectivity index (χ3v) is 8.20. The first-order chi connectivity index (χ1) is 15.3. The number of amides is 2. The second-order valence-electron chi connectivity index (χ2n) is 7.94. The number of anilines is 2. The minimum absolute atomic E-state index is 0.151. The van der Waals surface area contributed by atoms with E-state index in [0.29, 0.717) is 5.69 Å². The topological polar surface area (TPSA) is 74.8 Å². The van der Waals surface area contributed by atoms with Gasteiger partial charge in [-0.1, -0.05) is 42.5 Å². The number of hydrogen-bond acceptors (Lipinski definition) is 4. The molecule has 5 rings (SSSR count). The highest BCUT2D eigenvalue weighted by Crippen LogP contribution is 2.52. The molecule has 1 saturated heterocycles. The lowest BCUT2D eigenvalue weighted by molar-refractivity contribution is -0.123. The Morgan fingerprint density at radius 1 is 0.938 bits per heavy atom. The Balaban J connectivity index is 1.74. The van der Waals surface area contributed by atoms with Gasteiger partial charge in [-0.05, 0) is 48.4 Å². The maximum absolute atomic E-state index is 14.0. The number of nitrogens with zero attached hydrogens (tertiary/aromatic N) is 2. The van der Waals surface area contributed by atoms with Crippen LogP contribution in [-0.4, -0.2) is 26.0 Å². The van der Waals surface area contributed by atoms with Crippen molar-refractivity contribution < 1.29 is 22.4 Å². The summed E-state index contributed by atoms with van der Waals surface area (Å²) in [4.78, 5) is 27.2. The van der Waals surface area contributed by atoms with Gasteiger partial charge in [0.25, 0.3) is 10.8 Å². The average Bonchev–Trinajstić information content (AvgIpc) is 3.13. The van der Waals surface area contributed by atoms with Gasteiger partial charge < -0.3 is 4.90 Å². The molecule has 0 saturated carbocycles. The zero-order valence-electron chi connectivity index (χ0n) is 17.2. The van der Waals surface area contributed by atoms with Gasteiger partial charge in [0, 0.05) is 11.3 Å². The van der Waals surface area contributed by atoms with Crippen molar-refractivity contribution in [2.75, 3.05) is 15.6 Å². The van der Waals surface area contributed by atoms with Crippen LogP contribution in [0.3, 0.4) is 0 Å². The highest BCUT2D eigenvalue weighted by molar-refractivity contribution is 7.94. The van der Waals surface area contributed by atoms with Crippen molar-refractivity contribution in [3.8, 4) is 0 Å². The van der Waals surface area contributed by atoms with E-state index in [9.17, 15) is 22.4 Å². The van der Waals surface area contributed by atoms with Crippen LogP contribution in [0.1, 0.15) is 16.7 Å². The standard InChI is InChI=1S/C24H19FN2O4S/c1-16-6-2-3-7-17(16)14-26-21-9-5-4-8-20(21)24(23(26)29)27(22(28)15-32(24,30)31)19-12-10-18(25)11-13-19/h2-13H,14-15H2,1H3/t24-/m0/s1. The second-order valence-corrected chi connectivity index (χ2v) is 10.1. The second kappa shape index (κ2) is 7.00. The van der Waals surface area contributed by atoms with Crippen molar-refractivity contribution in [1.29, 1.82) is 0 Å². The van der Waals surface area contributed by atoms with E-state index in [4.69, 9.17) is 0 Å². The van der Waals surface area contributed by atoms with Crippen LogP contribution in [0.15, 0.2) is 72.8 Å². The Hall–Kier alpha value is -3.52.